The molecule has 3 aliphatic heterocycles. The molecule has 0 unspecified atom stereocenters. The van der Waals surface area contributed by atoms with Gasteiger partial charge in [-0.1, -0.05) is 36.8 Å². The zero-order chi connectivity index (χ0) is 31.7. The third-order valence-corrected chi connectivity index (χ3v) is 9.92. The fourth-order valence-corrected chi connectivity index (χ4v) is 7.40. The van der Waals surface area contributed by atoms with E-state index in [9.17, 15) is 19.2 Å². The van der Waals surface area contributed by atoms with Crippen LogP contribution in [-0.2, 0) is 52.3 Å². The van der Waals surface area contributed by atoms with Crippen LogP contribution in [0.3, 0.4) is 0 Å². The topological polar surface area (TPSA) is 136 Å². The van der Waals surface area contributed by atoms with E-state index < -0.39 is 58.8 Å². The highest BCUT2D eigenvalue weighted by atomic mass is 16.6. The normalized spacial score (nSPS) is 40.4. The minimum absolute atomic E-state index is 0.0249. The Morgan fingerprint density at radius 1 is 1.07 bits per heavy atom. The second kappa shape index (κ2) is 12.6. The first-order chi connectivity index (χ1) is 20.9. The van der Waals surface area contributed by atoms with E-state index in [0.29, 0.717) is 32.3 Å². The van der Waals surface area contributed by atoms with Gasteiger partial charge in [0.1, 0.15) is 37.1 Å². The van der Waals surface area contributed by atoms with Crippen LogP contribution in [-0.4, -0.2) is 86.4 Å². The number of epoxide rings is 1. The second-order valence-corrected chi connectivity index (χ2v) is 12.6. The number of carbonyl (C=O) groups is 4. The van der Waals surface area contributed by atoms with Crippen LogP contribution in [0, 0.1) is 10.8 Å². The van der Waals surface area contributed by atoms with Gasteiger partial charge in [0, 0.05) is 37.8 Å². The van der Waals surface area contributed by atoms with Crippen molar-refractivity contribution in [2.75, 3.05) is 26.4 Å². The summed E-state index contributed by atoms with van der Waals surface area (Å²) in [4.78, 5) is 49.3. The molecular weight excluding hydrogens is 572 g/mol. The van der Waals surface area contributed by atoms with E-state index >= 15 is 0 Å². The third kappa shape index (κ3) is 6.01. The maximum Gasteiger partial charge on any atom is 0.331 e. The molecule has 5 aliphatic rings. The van der Waals surface area contributed by atoms with Crippen LogP contribution in [0.15, 0.2) is 47.6 Å². The van der Waals surface area contributed by atoms with Gasteiger partial charge in [-0.05, 0) is 38.7 Å². The first kappa shape index (κ1) is 32.1. The lowest BCUT2D eigenvalue weighted by Gasteiger charge is -2.58. The Kier molecular flexibility index (Phi) is 9.21. The minimum Gasteiger partial charge on any atom is -0.462 e. The van der Waals surface area contributed by atoms with E-state index in [1.807, 2.05) is 13.0 Å². The largest absolute Gasteiger partial charge is 0.462 e. The highest BCUT2D eigenvalue weighted by Crippen LogP contribution is 2.72. The summed E-state index contributed by atoms with van der Waals surface area (Å²) in [5, 5.41) is 0. The van der Waals surface area contributed by atoms with Gasteiger partial charge in [0.15, 0.2) is 0 Å². The number of rotatable bonds is 4. The lowest BCUT2D eigenvalue weighted by Crippen LogP contribution is -2.66. The molecule has 2 bridgehead atoms. The summed E-state index contributed by atoms with van der Waals surface area (Å²) in [6.45, 7) is 9.21. The third-order valence-electron chi connectivity index (χ3n) is 9.92. The van der Waals surface area contributed by atoms with Gasteiger partial charge in [0.2, 0.25) is 0 Å². The van der Waals surface area contributed by atoms with E-state index in [4.69, 9.17) is 33.2 Å². The van der Waals surface area contributed by atoms with Crippen molar-refractivity contribution in [2.45, 2.75) is 96.4 Å². The first-order valence-corrected chi connectivity index (χ1v) is 15.2. The zero-order valence-corrected chi connectivity index (χ0v) is 26.0. The van der Waals surface area contributed by atoms with Gasteiger partial charge in [0.05, 0.1) is 30.8 Å². The summed E-state index contributed by atoms with van der Waals surface area (Å²) in [5.41, 5.74) is -0.482. The summed E-state index contributed by atoms with van der Waals surface area (Å²) in [6, 6.07) is 0. The minimum atomic E-state index is -0.767. The number of hydrogen-bond donors (Lipinski definition) is 0. The van der Waals surface area contributed by atoms with E-state index in [-0.39, 0.29) is 31.9 Å². The van der Waals surface area contributed by atoms with E-state index in [1.165, 1.54) is 26.0 Å². The second-order valence-electron chi connectivity index (χ2n) is 12.6. The van der Waals surface area contributed by atoms with Gasteiger partial charge in [0.25, 0.3) is 0 Å². The predicted molar refractivity (Wildman–Crippen MR) is 155 cm³/mol. The van der Waals surface area contributed by atoms with E-state index in [0.717, 1.165) is 11.1 Å². The molecule has 2 saturated heterocycles. The smallest absolute Gasteiger partial charge is 0.331 e. The van der Waals surface area contributed by atoms with Crippen LogP contribution in [0.25, 0.3) is 0 Å². The number of ether oxygens (including phenoxy) is 7. The van der Waals surface area contributed by atoms with Crippen molar-refractivity contribution in [1.82, 2.24) is 0 Å². The van der Waals surface area contributed by atoms with Crippen LogP contribution >= 0.6 is 0 Å². The molecule has 11 heteroatoms. The number of allylic oxidation sites excluding steroid dienone is 2. The molecule has 0 amide bonds. The summed E-state index contributed by atoms with van der Waals surface area (Å²) < 4.78 is 41.5. The molecule has 44 heavy (non-hydrogen) atoms. The quantitative estimate of drug-likeness (QED) is 0.199. The highest BCUT2D eigenvalue weighted by Gasteiger charge is 2.83. The van der Waals surface area contributed by atoms with Crippen LogP contribution in [0.5, 0.6) is 0 Å². The van der Waals surface area contributed by atoms with Gasteiger partial charge >= 0.3 is 23.9 Å². The summed E-state index contributed by atoms with van der Waals surface area (Å²) in [6.07, 6.45) is 9.23. The Morgan fingerprint density at radius 2 is 1.84 bits per heavy atom. The molecule has 0 aromatic carbocycles. The van der Waals surface area contributed by atoms with Gasteiger partial charge in [-0.15, -0.1) is 0 Å². The molecule has 2 aliphatic carbocycles. The maximum absolute atomic E-state index is 13.2. The molecular formula is C33H42O11. The lowest BCUT2D eigenvalue weighted by molar-refractivity contribution is -0.232. The van der Waals surface area contributed by atoms with Crippen molar-refractivity contribution in [2.24, 2.45) is 10.8 Å². The van der Waals surface area contributed by atoms with Crippen LogP contribution in [0.1, 0.15) is 60.3 Å². The van der Waals surface area contributed by atoms with Crippen LogP contribution < -0.4 is 0 Å². The molecule has 1 saturated carbocycles. The molecule has 0 aromatic heterocycles. The molecule has 0 radical (unpaired) electrons. The molecule has 11 nitrogen and oxygen atoms in total. The average molecular weight is 615 g/mol. The van der Waals surface area contributed by atoms with E-state index in [2.05, 4.69) is 6.92 Å². The fraction of sp³-hybridized carbons (Fsp3) is 0.636. The molecule has 8 atom stereocenters. The number of carbonyl (C=O) groups excluding carboxylic acids is 4. The van der Waals surface area contributed by atoms with E-state index in [1.54, 1.807) is 25.2 Å². The molecule has 5 rings (SSSR count). The molecule has 240 valence electrons. The Balaban J connectivity index is 1.47. The average Bonchev–Trinajstić information content (AvgIpc) is 3.73. The van der Waals surface area contributed by atoms with Crippen molar-refractivity contribution in [1.29, 1.82) is 0 Å². The Morgan fingerprint density at radius 3 is 2.55 bits per heavy atom. The van der Waals surface area contributed by atoms with Crippen LogP contribution in [0.4, 0.5) is 0 Å². The zero-order valence-electron chi connectivity index (χ0n) is 26.0. The highest BCUT2D eigenvalue weighted by molar-refractivity contribution is 5.83. The maximum atomic E-state index is 13.2. The van der Waals surface area contributed by atoms with Crippen LogP contribution in [0.2, 0.25) is 0 Å². The fourth-order valence-electron chi connectivity index (χ4n) is 7.40. The Hall–Kier alpha value is -3.28. The van der Waals surface area contributed by atoms with Crippen molar-refractivity contribution >= 4 is 23.9 Å². The molecule has 3 fully saturated rings. The Labute approximate surface area is 257 Å². The molecule has 3 heterocycles. The van der Waals surface area contributed by atoms with Gasteiger partial charge in [-0.3, -0.25) is 9.59 Å². The lowest BCUT2D eigenvalue weighted by atomic mass is 9.51. The van der Waals surface area contributed by atoms with Crippen molar-refractivity contribution < 1.29 is 52.3 Å². The number of cyclic esters (lactones) is 1. The van der Waals surface area contributed by atoms with Crippen molar-refractivity contribution in [3.05, 3.63) is 47.6 Å². The standard InChI is InChI=1S/C33H42O11/c1-20-11-13-38-25(21(2)42-23(4)35)8-6-7-9-29(36)44-26-16-28-33(19-41-33)31(26,5)32(18-40-30(37)14-20)12-10-24(15-27(32)43-28)17-39-22(3)34/h6-9,14-15,21,25-28H,10-13,16-19H2,1-5H3/b8-6+,9-7-,20-14+/t21-,25-,26-,27-,28-,31-,32-,33+/m1/s1. The molecule has 2 spiro atoms. The number of esters is 4. The first-order valence-electron chi connectivity index (χ1n) is 15.2. The Bertz CT molecular complexity index is 1290. The number of hydrogen-bond acceptors (Lipinski definition) is 11. The van der Waals surface area contributed by atoms with Gasteiger partial charge < -0.3 is 33.2 Å². The van der Waals surface area contributed by atoms with Crippen molar-refractivity contribution in [3.63, 3.8) is 0 Å². The van der Waals surface area contributed by atoms with Gasteiger partial charge in [-0.2, -0.15) is 0 Å². The monoisotopic (exact) mass is 614 g/mol. The SMILES string of the molecule is CC(=O)OCC1=C[C@H]2O[C@@H]3C[C@H]4OC(=O)/C=C\C=C\[C@H]([C@@H](C)OC(C)=O)OCC/C(C)=C/C(=O)OC[C@@]2(CC1)[C@]4(C)[C@]31CO1. The molecule has 0 N–H and O–H groups in total. The van der Waals surface area contributed by atoms with Crippen molar-refractivity contribution in [3.8, 4) is 0 Å². The molecule has 0 aromatic rings. The van der Waals surface area contributed by atoms with Gasteiger partial charge in [-0.25, -0.2) is 9.59 Å². The summed E-state index contributed by atoms with van der Waals surface area (Å²) in [5.74, 6) is -1.82. The predicted octanol–water partition coefficient (Wildman–Crippen LogP) is 3.46. The summed E-state index contributed by atoms with van der Waals surface area (Å²) in [7, 11) is 0. The summed E-state index contributed by atoms with van der Waals surface area (Å²) >= 11 is 0.